The zero-order valence-electron chi connectivity index (χ0n) is 13.2. The minimum absolute atomic E-state index is 0.0405. The lowest BCUT2D eigenvalue weighted by atomic mass is 10.2. The summed E-state index contributed by atoms with van der Waals surface area (Å²) >= 11 is 8.83. The second kappa shape index (κ2) is 8.07. The minimum atomic E-state index is -0.437. The first-order valence-corrected chi connectivity index (χ1v) is 8.20. The van der Waals surface area contributed by atoms with Crippen LogP contribution in [0.15, 0.2) is 46.9 Å². The van der Waals surface area contributed by atoms with Crippen LogP contribution in [-0.2, 0) is 6.54 Å². The Morgan fingerprint density at radius 2 is 2.00 bits per heavy atom. The molecular formula is C16H16BrN3O3S. The maximum Gasteiger partial charge on any atom is 0.269 e. The first kappa shape index (κ1) is 18.2. The first-order valence-electron chi connectivity index (χ1n) is 6.99. The summed E-state index contributed by atoms with van der Waals surface area (Å²) < 4.78 is 6.32. The molecule has 0 saturated carbocycles. The molecule has 0 heterocycles. The standard InChI is InChI=1S/C16H16BrN3O3S/c1-19(10-11-9-12(17)3-8-15(11)23-2)16(24)18-13-4-6-14(7-5-13)20(21)22/h3-9H,10H2,1-2H3,(H,18,24). The summed E-state index contributed by atoms with van der Waals surface area (Å²) in [5.74, 6) is 0.781. The third-order valence-electron chi connectivity index (χ3n) is 3.33. The van der Waals surface area contributed by atoms with E-state index >= 15 is 0 Å². The highest BCUT2D eigenvalue weighted by Gasteiger charge is 2.11. The van der Waals surface area contributed by atoms with Gasteiger partial charge in [0, 0.05) is 41.4 Å². The zero-order valence-corrected chi connectivity index (χ0v) is 15.6. The summed E-state index contributed by atoms with van der Waals surface area (Å²) in [6.07, 6.45) is 0. The molecule has 0 spiro atoms. The van der Waals surface area contributed by atoms with Crippen LogP contribution in [0.4, 0.5) is 11.4 Å². The van der Waals surface area contributed by atoms with Crippen molar-refractivity contribution in [1.29, 1.82) is 0 Å². The van der Waals surface area contributed by atoms with Gasteiger partial charge in [0.1, 0.15) is 5.75 Å². The Morgan fingerprint density at radius 3 is 2.58 bits per heavy atom. The molecule has 0 aliphatic rings. The molecule has 0 atom stereocenters. The number of methoxy groups -OCH3 is 1. The summed E-state index contributed by atoms with van der Waals surface area (Å²) in [5.41, 5.74) is 1.72. The largest absolute Gasteiger partial charge is 0.496 e. The first-order chi connectivity index (χ1) is 11.4. The molecule has 0 aromatic heterocycles. The van der Waals surface area contributed by atoms with Gasteiger partial charge < -0.3 is 15.0 Å². The second-order valence-corrected chi connectivity index (χ2v) is 6.35. The van der Waals surface area contributed by atoms with Gasteiger partial charge in [-0.2, -0.15) is 0 Å². The van der Waals surface area contributed by atoms with Gasteiger partial charge in [-0.05, 0) is 42.5 Å². The third kappa shape index (κ3) is 4.65. The predicted molar refractivity (Wildman–Crippen MR) is 101 cm³/mol. The Balaban J connectivity index is 2.04. The van der Waals surface area contributed by atoms with Gasteiger partial charge in [0.15, 0.2) is 5.11 Å². The van der Waals surface area contributed by atoms with Crippen molar-refractivity contribution < 1.29 is 9.66 Å². The Kier molecular flexibility index (Phi) is 6.10. The number of anilines is 1. The Hall–Kier alpha value is -2.19. The number of rotatable bonds is 5. The lowest BCUT2D eigenvalue weighted by Crippen LogP contribution is -2.30. The third-order valence-corrected chi connectivity index (χ3v) is 4.23. The van der Waals surface area contributed by atoms with Gasteiger partial charge in [-0.1, -0.05) is 15.9 Å². The van der Waals surface area contributed by atoms with E-state index in [9.17, 15) is 10.1 Å². The molecule has 0 aliphatic carbocycles. The molecule has 2 rings (SSSR count). The highest BCUT2D eigenvalue weighted by atomic mass is 79.9. The van der Waals surface area contributed by atoms with Crippen molar-refractivity contribution >= 4 is 44.6 Å². The number of non-ortho nitro benzene ring substituents is 1. The van der Waals surface area contributed by atoms with E-state index in [-0.39, 0.29) is 5.69 Å². The van der Waals surface area contributed by atoms with Crippen molar-refractivity contribution in [3.63, 3.8) is 0 Å². The summed E-state index contributed by atoms with van der Waals surface area (Å²) in [5, 5.41) is 14.2. The molecule has 0 bridgehead atoms. The van der Waals surface area contributed by atoms with Crippen LogP contribution in [0.5, 0.6) is 5.75 Å². The number of thiocarbonyl (C=S) groups is 1. The molecule has 1 N–H and O–H groups in total. The zero-order chi connectivity index (χ0) is 17.7. The number of benzene rings is 2. The fourth-order valence-corrected chi connectivity index (χ4v) is 2.67. The number of hydrogen-bond acceptors (Lipinski definition) is 4. The average Bonchev–Trinajstić information content (AvgIpc) is 2.55. The number of halogens is 1. The molecule has 2 aromatic rings. The molecule has 0 fully saturated rings. The Morgan fingerprint density at radius 1 is 1.33 bits per heavy atom. The highest BCUT2D eigenvalue weighted by Crippen LogP contribution is 2.24. The van der Waals surface area contributed by atoms with Crippen molar-refractivity contribution in [2.45, 2.75) is 6.54 Å². The lowest BCUT2D eigenvalue weighted by molar-refractivity contribution is -0.384. The molecule has 8 heteroatoms. The SMILES string of the molecule is COc1ccc(Br)cc1CN(C)C(=S)Nc1ccc([N+](=O)[O-])cc1. The van der Waals surface area contributed by atoms with Crippen molar-refractivity contribution in [1.82, 2.24) is 4.90 Å². The van der Waals surface area contributed by atoms with E-state index in [0.717, 1.165) is 15.8 Å². The van der Waals surface area contributed by atoms with E-state index in [1.54, 1.807) is 19.2 Å². The van der Waals surface area contributed by atoms with Crippen LogP contribution >= 0.6 is 28.1 Å². The molecule has 0 saturated heterocycles. The molecule has 0 unspecified atom stereocenters. The molecule has 126 valence electrons. The number of ether oxygens (including phenoxy) is 1. The number of hydrogen-bond donors (Lipinski definition) is 1. The van der Waals surface area contributed by atoms with Crippen molar-refractivity contribution in [3.05, 3.63) is 62.6 Å². The molecular weight excluding hydrogens is 394 g/mol. The maximum atomic E-state index is 10.7. The summed E-state index contributed by atoms with van der Waals surface area (Å²) in [6.45, 7) is 0.557. The van der Waals surface area contributed by atoms with Crippen LogP contribution in [0.25, 0.3) is 0 Å². The van der Waals surface area contributed by atoms with E-state index < -0.39 is 4.92 Å². The lowest BCUT2D eigenvalue weighted by Gasteiger charge is -2.22. The van der Waals surface area contributed by atoms with Crippen molar-refractivity contribution in [2.24, 2.45) is 0 Å². The molecule has 2 aromatic carbocycles. The average molecular weight is 410 g/mol. The molecule has 6 nitrogen and oxygen atoms in total. The Labute approximate surface area is 153 Å². The van der Waals surface area contributed by atoms with Crippen LogP contribution in [-0.4, -0.2) is 29.1 Å². The van der Waals surface area contributed by atoms with Gasteiger partial charge in [0.25, 0.3) is 5.69 Å². The van der Waals surface area contributed by atoms with Crippen LogP contribution in [0.2, 0.25) is 0 Å². The van der Waals surface area contributed by atoms with Crippen molar-refractivity contribution in [2.75, 3.05) is 19.5 Å². The topological polar surface area (TPSA) is 67.6 Å². The molecule has 0 aliphatic heterocycles. The summed E-state index contributed by atoms with van der Waals surface area (Å²) in [6, 6.07) is 11.9. The molecule has 0 amide bonds. The highest BCUT2D eigenvalue weighted by molar-refractivity contribution is 9.10. The number of nitro groups is 1. The monoisotopic (exact) mass is 409 g/mol. The van der Waals surface area contributed by atoms with E-state index in [1.807, 2.05) is 30.1 Å². The fourth-order valence-electron chi connectivity index (χ4n) is 2.08. The van der Waals surface area contributed by atoms with E-state index in [4.69, 9.17) is 17.0 Å². The van der Waals surface area contributed by atoms with Crippen LogP contribution in [0.1, 0.15) is 5.56 Å². The number of nitrogens with one attached hydrogen (secondary N) is 1. The Bertz CT molecular complexity index is 753. The van der Waals surface area contributed by atoms with Gasteiger partial charge in [-0.15, -0.1) is 0 Å². The van der Waals surface area contributed by atoms with Crippen LogP contribution < -0.4 is 10.1 Å². The van der Waals surface area contributed by atoms with E-state index in [1.165, 1.54) is 12.1 Å². The van der Waals surface area contributed by atoms with E-state index in [2.05, 4.69) is 21.2 Å². The number of nitro benzene ring substituents is 1. The maximum absolute atomic E-state index is 10.7. The van der Waals surface area contributed by atoms with Crippen molar-refractivity contribution in [3.8, 4) is 5.75 Å². The van der Waals surface area contributed by atoms with Crippen LogP contribution in [0, 0.1) is 10.1 Å². The van der Waals surface area contributed by atoms with Crippen LogP contribution in [0.3, 0.4) is 0 Å². The molecule has 24 heavy (non-hydrogen) atoms. The quantitative estimate of drug-likeness (QED) is 0.453. The predicted octanol–water partition coefficient (Wildman–Crippen LogP) is 4.19. The summed E-state index contributed by atoms with van der Waals surface area (Å²) in [4.78, 5) is 12.1. The number of nitrogens with zero attached hydrogens (tertiary/aromatic N) is 2. The summed E-state index contributed by atoms with van der Waals surface area (Å²) in [7, 11) is 3.49. The van der Waals surface area contributed by atoms with Gasteiger partial charge >= 0.3 is 0 Å². The molecule has 0 radical (unpaired) electrons. The second-order valence-electron chi connectivity index (χ2n) is 5.05. The normalized spacial score (nSPS) is 10.1. The van der Waals surface area contributed by atoms with Gasteiger partial charge in [0.2, 0.25) is 0 Å². The van der Waals surface area contributed by atoms with Gasteiger partial charge in [0.05, 0.1) is 12.0 Å². The van der Waals surface area contributed by atoms with Gasteiger partial charge in [-0.25, -0.2) is 0 Å². The van der Waals surface area contributed by atoms with Gasteiger partial charge in [-0.3, -0.25) is 10.1 Å². The fraction of sp³-hybridized carbons (Fsp3) is 0.188. The smallest absolute Gasteiger partial charge is 0.269 e. The minimum Gasteiger partial charge on any atom is -0.496 e. The van der Waals surface area contributed by atoms with E-state index in [0.29, 0.717) is 17.3 Å².